The number of hydrogen-bond acceptors (Lipinski definition) is 3. The molecule has 1 heterocycles. The van der Waals surface area contributed by atoms with Gasteiger partial charge in [0.1, 0.15) is 0 Å². The van der Waals surface area contributed by atoms with E-state index < -0.39 is 0 Å². The molecular weight excluding hydrogens is 364 g/mol. The highest BCUT2D eigenvalue weighted by atomic mass is 16.2. The summed E-state index contributed by atoms with van der Waals surface area (Å²) in [5.74, 6) is -0.325. The van der Waals surface area contributed by atoms with Crippen LogP contribution in [0.25, 0.3) is 0 Å². The van der Waals surface area contributed by atoms with Crippen molar-refractivity contribution in [2.45, 2.75) is 40.0 Å². The first-order chi connectivity index (χ1) is 13.8. The maximum Gasteiger partial charge on any atom is 0.255 e. The molecule has 1 saturated heterocycles. The van der Waals surface area contributed by atoms with Crippen LogP contribution in [0.3, 0.4) is 0 Å². The van der Waals surface area contributed by atoms with Gasteiger partial charge in [-0.2, -0.15) is 0 Å². The van der Waals surface area contributed by atoms with Crippen molar-refractivity contribution in [1.29, 1.82) is 0 Å². The van der Waals surface area contributed by atoms with E-state index in [1.807, 2.05) is 32.0 Å². The third kappa shape index (κ3) is 3.57. The van der Waals surface area contributed by atoms with Crippen molar-refractivity contribution in [3.8, 4) is 0 Å². The fraction of sp³-hybridized carbons (Fsp3) is 0.375. The summed E-state index contributed by atoms with van der Waals surface area (Å²) in [7, 11) is 0. The standard InChI is InChI=1S/C24H26N2O3/c1-14-4-11-20-21(12-14)24(29)26(23(20)28)19-9-6-17(7-10-19)22(27)25-18-8-5-15(2)16(3)13-18/h5-10,13-14,20-21H,4,11-12H2,1-3H3,(H,25,27)/t14-,20+,21+/m0/s1. The monoisotopic (exact) mass is 390 g/mol. The van der Waals surface area contributed by atoms with Crippen LogP contribution < -0.4 is 10.2 Å². The predicted molar refractivity (Wildman–Crippen MR) is 113 cm³/mol. The van der Waals surface area contributed by atoms with Gasteiger partial charge in [0.15, 0.2) is 0 Å². The Kier molecular flexibility index (Phi) is 4.99. The summed E-state index contributed by atoms with van der Waals surface area (Å²) >= 11 is 0. The molecule has 0 bridgehead atoms. The highest BCUT2D eigenvalue weighted by molar-refractivity contribution is 6.22. The molecule has 1 N–H and O–H groups in total. The lowest BCUT2D eigenvalue weighted by atomic mass is 9.76. The lowest BCUT2D eigenvalue weighted by molar-refractivity contribution is -0.122. The molecule has 0 aromatic heterocycles. The van der Waals surface area contributed by atoms with Gasteiger partial charge in [-0.15, -0.1) is 0 Å². The summed E-state index contributed by atoms with van der Waals surface area (Å²) in [5.41, 5.74) is 4.05. The third-order valence-corrected chi connectivity index (χ3v) is 6.34. The van der Waals surface area contributed by atoms with Crippen LogP contribution >= 0.6 is 0 Å². The number of nitrogens with zero attached hydrogens (tertiary/aromatic N) is 1. The molecule has 3 atom stereocenters. The number of imide groups is 1. The molecule has 3 amide bonds. The molecule has 5 heteroatoms. The largest absolute Gasteiger partial charge is 0.322 e. The summed E-state index contributed by atoms with van der Waals surface area (Å²) in [5, 5.41) is 2.89. The van der Waals surface area contributed by atoms with Gasteiger partial charge in [-0.05, 0) is 86.6 Å². The molecule has 29 heavy (non-hydrogen) atoms. The maximum atomic E-state index is 12.8. The molecule has 4 rings (SSSR count). The van der Waals surface area contributed by atoms with E-state index in [0.717, 1.165) is 30.5 Å². The molecule has 2 aromatic rings. The summed E-state index contributed by atoms with van der Waals surface area (Å²) < 4.78 is 0. The van der Waals surface area contributed by atoms with Crippen molar-refractivity contribution in [3.05, 3.63) is 59.2 Å². The van der Waals surface area contributed by atoms with Gasteiger partial charge in [-0.3, -0.25) is 19.3 Å². The van der Waals surface area contributed by atoms with Crippen molar-refractivity contribution in [2.24, 2.45) is 17.8 Å². The molecule has 1 aliphatic carbocycles. The molecule has 150 valence electrons. The summed E-state index contributed by atoms with van der Waals surface area (Å²) in [6, 6.07) is 12.5. The number of carbonyl (C=O) groups is 3. The number of aryl methyl sites for hydroxylation is 2. The zero-order chi connectivity index (χ0) is 20.7. The van der Waals surface area contributed by atoms with E-state index in [9.17, 15) is 14.4 Å². The van der Waals surface area contributed by atoms with Crippen LogP contribution in [-0.2, 0) is 9.59 Å². The molecule has 0 spiro atoms. The molecule has 2 fully saturated rings. The zero-order valence-electron chi connectivity index (χ0n) is 17.1. The van der Waals surface area contributed by atoms with E-state index in [0.29, 0.717) is 17.2 Å². The fourth-order valence-electron chi connectivity index (χ4n) is 4.43. The lowest BCUT2D eigenvalue weighted by Crippen LogP contribution is -2.30. The maximum absolute atomic E-state index is 12.8. The number of amides is 3. The van der Waals surface area contributed by atoms with E-state index in [4.69, 9.17) is 0 Å². The molecule has 0 unspecified atom stereocenters. The molecule has 2 aliphatic rings. The SMILES string of the molecule is Cc1ccc(NC(=O)c2ccc(N3C(=O)[C@@H]4CC[C@H](C)C[C@H]4C3=O)cc2)cc1C. The van der Waals surface area contributed by atoms with Gasteiger partial charge < -0.3 is 5.32 Å². The second kappa shape index (κ2) is 7.47. The lowest BCUT2D eigenvalue weighted by Gasteiger charge is -2.25. The van der Waals surface area contributed by atoms with Crippen LogP contribution in [0, 0.1) is 31.6 Å². The Morgan fingerprint density at radius 2 is 1.62 bits per heavy atom. The number of rotatable bonds is 3. The Hall–Kier alpha value is -2.95. The van der Waals surface area contributed by atoms with Crippen molar-refractivity contribution < 1.29 is 14.4 Å². The normalized spacial score (nSPS) is 23.8. The Bertz CT molecular complexity index is 980. The minimum absolute atomic E-state index is 0.0979. The highest BCUT2D eigenvalue weighted by Gasteiger charge is 2.49. The Morgan fingerprint density at radius 1 is 0.931 bits per heavy atom. The second-order valence-electron chi connectivity index (χ2n) is 8.44. The summed E-state index contributed by atoms with van der Waals surface area (Å²) in [6.07, 6.45) is 2.55. The average Bonchev–Trinajstić information content (AvgIpc) is 2.94. The summed E-state index contributed by atoms with van der Waals surface area (Å²) in [4.78, 5) is 39.5. The van der Waals surface area contributed by atoms with Gasteiger partial charge in [0, 0.05) is 11.3 Å². The van der Waals surface area contributed by atoms with Crippen molar-refractivity contribution in [3.63, 3.8) is 0 Å². The first-order valence-electron chi connectivity index (χ1n) is 10.2. The van der Waals surface area contributed by atoms with Gasteiger partial charge in [0.25, 0.3) is 5.91 Å². The first-order valence-corrected chi connectivity index (χ1v) is 10.2. The first kappa shape index (κ1) is 19.4. The number of anilines is 2. The van der Waals surface area contributed by atoms with Crippen molar-refractivity contribution in [2.75, 3.05) is 10.2 Å². The average molecular weight is 390 g/mol. The Balaban J connectivity index is 1.50. The predicted octanol–water partition coefficient (Wildman–Crippen LogP) is 4.48. The van der Waals surface area contributed by atoms with Gasteiger partial charge in [0.05, 0.1) is 17.5 Å². The number of carbonyl (C=O) groups excluding carboxylic acids is 3. The Morgan fingerprint density at radius 3 is 2.31 bits per heavy atom. The third-order valence-electron chi connectivity index (χ3n) is 6.34. The van der Waals surface area contributed by atoms with Gasteiger partial charge in [0.2, 0.25) is 11.8 Å². The quantitative estimate of drug-likeness (QED) is 0.786. The van der Waals surface area contributed by atoms with E-state index in [2.05, 4.69) is 12.2 Å². The van der Waals surface area contributed by atoms with Gasteiger partial charge in [-0.1, -0.05) is 13.0 Å². The topological polar surface area (TPSA) is 66.5 Å². The van der Waals surface area contributed by atoms with Crippen molar-refractivity contribution >= 4 is 29.1 Å². The van der Waals surface area contributed by atoms with Crippen LogP contribution in [0.5, 0.6) is 0 Å². The number of hydrogen-bond donors (Lipinski definition) is 1. The zero-order valence-corrected chi connectivity index (χ0v) is 17.1. The van der Waals surface area contributed by atoms with Crippen LogP contribution in [0.1, 0.15) is 47.7 Å². The van der Waals surface area contributed by atoms with E-state index in [-0.39, 0.29) is 29.6 Å². The fourth-order valence-corrected chi connectivity index (χ4v) is 4.43. The number of nitrogens with one attached hydrogen (secondary N) is 1. The van der Waals surface area contributed by atoms with Gasteiger partial charge in [-0.25, -0.2) is 0 Å². The van der Waals surface area contributed by atoms with Gasteiger partial charge >= 0.3 is 0 Å². The molecule has 5 nitrogen and oxygen atoms in total. The van der Waals surface area contributed by atoms with Crippen LogP contribution in [0.15, 0.2) is 42.5 Å². The minimum Gasteiger partial charge on any atom is -0.322 e. The Labute approximate surface area is 171 Å². The molecule has 2 aromatic carbocycles. The molecule has 0 radical (unpaired) electrons. The smallest absolute Gasteiger partial charge is 0.255 e. The van der Waals surface area contributed by atoms with Crippen LogP contribution in [0.2, 0.25) is 0 Å². The number of benzene rings is 2. The highest BCUT2D eigenvalue weighted by Crippen LogP contribution is 2.42. The van der Waals surface area contributed by atoms with Crippen LogP contribution in [0.4, 0.5) is 11.4 Å². The van der Waals surface area contributed by atoms with E-state index in [1.165, 1.54) is 10.5 Å². The number of fused-ring (bicyclic) bond motifs is 1. The summed E-state index contributed by atoms with van der Waals surface area (Å²) in [6.45, 7) is 6.17. The van der Waals surface area contributed by atoms with Crippen LogP contribution in [-0.4, -0.2) is 17.7 Å². The minimum atomic E-state index is -0.221. The molecule has 1 saturated carbocycles. The molecular formula is C24H26N2O3. The van der Waals surface area contributed by atoms with E-state index >= 15 is 0 Å². The van der Waals surface area contributed by atoms with E-state index in [1.54, 1.807) is 24.3 Å². The molecule has 1 aliphatic heterocycles. The second-order valence-corrected chi connectivity index (χ2v) is 8.44. The van der Waals surface area contributed by atoms with Crippen molar-refractivity contribution in [1.82, 2.24) is 0 Å².